The van der Waals surface area contributed by atoms with Crippen LogP contribution in [0.3, 0.4) is 0 Å². The number of pyridine rings is 1. The number of nitrogens with one attached hydrogen (secondary N) is 2. The molecule has 0 bridgehead atoms. The van der Waals surface area contributed by atoms with Crippen molar-refractivity contribution in [1.29, 1.82) is 0 Å². The van der Waals surface area contributed by atoms with Gasteiger partial charge in [-0.05, 0) is 37.6 Å². The summed E-state index contributed by atoms with van der Waals surface area (Å²) < 4.78 is 5.42. The Kier molecular flexibility index (Phi) is 5.88. The lowest BCUT2D eigenvalue weighted by molar-refractivity contribution is -0.128. The van der Waals surface area contributed by atoms with Crippen LogP contribution in [0.15, 0.2) is 24.5 Å². The minimum absolute atomic E-state index is 0.00697. The molecule has 0 aliphatic carbocycles. The summed E-state index contributed by atoms with van der Waals surface area (Å²) in [7, 11) is 3.46. The smallest absolute Gasteiger partial charge is 0.226 e. The molecule has 2 aliphatic rings. The first kappa shape index (κ1) is 18.8. The van der Waals surface area contributed by atoms with Crippen molar-refractivity contribution >= 4 is 11.8 Å². The van der Waals surface area contributed by atoms with Crippen molar-refractivity contribution in [2.75, 3.05) is 40.4 Å². The number of methoxy groups -OCH3 is 1. The number of carbonyl (C=O) groups is 2. The molecule has 7 nitrogen and oxygen atoms in total. The van der Waals surface area contributed by atoms with Gasteiger partial charge in [0.05, 0.1) is 18.6 Å². The summed E-state index contributed by atoms with van der Waals surface area (Å²) in [6.45, 7) is 3.07. The lowest BCUT2D eigenvalue weighted by Crippen LogP contribution is -2.48. The van der Waals surface area contributed by atoms with Gasteiger partial charge in [-0.15, -0.1) is 0 Å². The van der Waals surface area contributed by atoms with E-state index in [1.807, 2.05) is 12.1 Å². The van der Waals surface area contributed by atoms with Gasteiger partial charge < -0.3 is 20.3 Å². The maximum absolute atomic E-state index is 12.9. The molecule has 1 aromatic rings. The Morgan fingerprint density at radius 1 is 1.46 bits per heavy atom. The first-order chi connectivity index (χ1) is 12.6. The molecule has 2 fully saturated rings. The second-order valence-corrected chi connectivity index (χ2v) is 7.45. The summed E-state index contributed by atoms with van der Waals surface area (Å²) in [4.78, 5) is 31.0. The lowest BCUT2D eigenvalue weighted by atomic mass is 9.79. The molecule has 26 heavy (non-hydrogen) atoms. The number of nitrogens with zero attached hydrogens (tertiary/aromatic N) is 2. The Morgan fingerprint density at radius 3 is 2.88 bits per heavy atom. The van der Waals surface area contributed by atoms with Crippen LogP contribution in [0.25, 0.3) is 0 Å². The fraction of sp³-hybridized carbons (Fsp3) is 0.632. The molecule has 2 aliphatic heterocycles. The average molecular weight is 360 g/mol. The summed E-state index contributed by atoms with van der Waals surface area (Å²) >= 11 is 0. The number of hydrogen-bond acceptors (Lipinski definition) is 5. The predicted octanol–water partition coefficient (Wildman–Crippen LogP) is 0.733. The van der Waals surface area contributed by atoms with Gasteiger partial charge in [-0.3, -0.25) is 14.6 Å². The Bertz CT molecular complexity index is 625. The van der Waals surface area contributed by atoms with E-state index < -0.39 is 5.92 Å². The van der Waals surface area contributed by atoms with Crippen LogP contribution >= 0.6 is 0 Å². The maximum atomic E-state index is 12.9. The molecule has 142 valence electrons. The number of hydrogen-bond donors (Lipinski definition) is 2. The first-order valence-electron chi connectivity index (χ1n) is 9.19. The third kappa shape index (κ3) is 3.88. The topological polar surface area (TPSA) is 83.6 Å². The highest BCUT2D eigenvalue weighted by atomic mass is 16.5. The lowest BCUT2D eigenvalue weighted by Gasteiger charge is -2.37. The van der Waals surface area contributed by atoms with Crippen molar-refractivity contribution in [1.82, 2.24) is 20.5 Å². The monoisotopic (exact) mass is 360 g/mol. The van der Waals surface area contributed by atoms with E-state index in [4.69, 9.17) is 4.74 Å². The van der Waals surface area contributed by atoms with Crippen molar-refractivity contribution in [3.8, 4) is 0 Å². The van der Waals surface area contributed by atoms with Crippen molar-refractivity contribution in [2.24, 2.45) is 11.3 Å². The molecule has 2 unspecified atom stereocenters. The predicted molar refractivity (Wildman–Crippen MR) is 97.3 cm³/mol. The number of piperidine rings is 1. The van der Waals surface area contributed by atoms with E-state index in [0.29, 0.717) is 13.2 Å². The molecule has 3 heterocycles. The maximum Gasteiger partial charge on any atom is 0.226 e. The van der Waals surface area contributed by atoms with Gasteiger partial charge in [0.2, 0.25) is 11.8 Å². The standard InChI is InChI=1S/C19H28N4O3/c1-23-16(24)10-15(17(23)14-4-3-7-21-11-14)18(25)22-12-19(13-26-2)5-8-20-9-6-19/h3-4,7,11,15,17,20H,5-6,8-10,12-13H2,1-2H3,(H,22,25). The molecule has 1 aromatic heterocycles. The number of aromatic nitrogens is 1. The normalized spacial score (nSPS) is 25.3. The molecule has 0 saturated carbocycles. The fourth-order valence-electron chi connectivity index (χ4n) is 4.15. The molecule has 0 aromatic carbocycles. The van der Waals surface area contributed by atoms with E-state index in [0.717, 1.165) is 31.5 Å². The van der Waals surface area contributed by atoms with Gasteiger partial charge in [-0.2, -0.15) is 0 Å². The van der Waals surface area contributed by atoms with Gasteiger partial charge in [0, 0.05) is 44.9 Å². The van der Waals surface area contributed by atoms with Gasteiger partial charge in [0.25, 0.3) is 0 Å². The fourth-order valence-corrected chi connectivity index (χ4v) is 4.15. The van der Waals surface area contributed by atoms with E-state index >= 15 is 0 Å². The van der Waals surface area contributed by atoms with Crippen LogP contribution in [0, 0.1) is 11.3 Å². The van der Waals surface area contributed by atoms with Crippen LogP contribution in [0.4, 0.5) is 0 Å². The number of likely N-dealkylation sites (tertiary alicyclic amines) is 1. The first-order valence-corrected chi connectivity index (χ1v) is 9.19. The Balaban J connectivity index is 1.70. The second-order valence-electron chi connectivity index (χ2n) is 7.45. The Hall–Kier alpha value is -1.99. The number of ether oxygens (including phenoxy) is 1. The van der Waals surface area contributed by atoms with Crippen LogP contribution in [0.5, 0.6) is 0 Å². The molecule has 0 radical (unpaired) electrons. The zero-order valence-corrected chi connectivity index (χ0v) is 15.5. The quantitative estimate of drug-likeness (QED) is 0.782. The van der Waals surface area contributed by atoms with E-state index in [-0.39, 0.29) is 29.7 Å². The minimum Gasteiger partial charge on any atom is -0.384 e. The molecular weight excluding hydrogens is 332 g/mol. The van der Waals surface area contributed by atoms with Crippen LogP contribution < -0.4 is 10.6 Å². The van der Waals surface area contributed by atoms with Crippen molar-refractivity contribution in [3.05, 3.63) is 30.1 Å². The number of carbonyl (C=O) groups excluding carboxylic acids is 2. The molecule has 2 amide bonds. The third-order valence-corrected chi connectivity index (χ3v) is 5.70. The summed E-state index contributed by atoms with van der Waals surface area (Å²) in [6, 6.07) is 3.50. The number of amides is 2. The van der Waals surface area contributed by atoms with E-state index in [2.05, 4.69) is 15.6 Å². The van der Waals surface area contributed by atoms with Crippen molar-refractivity contribution in [2.45, 2.75) is 25.3 Å². The molecular formula is C19H28N4O3. The van der Waals surface area contributed by atoms with E-state index in [1.165, 1.54) is 0 Å². The summed E-state index contributed by atoms with van der Waals surface area (Å²) in [5.74, 6) is -0.462. The van der Waals surface area contributed by atoms with Gasteiger partial charge in [0.1, 0.15) is 0 Å². The van der Waals surface area contributed by atoms with Gasteiger partial charge in [0.15, 0.2) is 0 Å². The zero-order chi connectivity index (χ0) is 18.6. The highest BCUT2D eigenvalue weighted by Crippen LogP contribution is 2.37. The van der Waals surface area contributed by atoms with Crippen LogP contribution in [0.1, 0.15) is 30.9 Å². The second kappa shape index (κ2) is 8.14. The molecule has 3 rings (SSSR count). The summed E-state index contributed by atoms with van der Waals surface area (Å²) in [5.41, 5.74) is 0.864. The zero-order valence-electron chi connectivity index (χ0n) is 15.5. The molecule has 2 N–H and O–H groups in total. The average Bonchev–Trinajstić information content (AvgIpc) is 2.96. The van der Waals surface area contributed by atoms with Crippen LogP contribution in [0.2, 0.25) is 0 Å². The highest BCUT2D eigenvalue weighted by Gasteiger charge is 2.43. The van der Waals surface area contributed by atoms with Crippen molar-refractivity contribution < 1.29 is 14.3 Å². The van der Waals surface area contributed by atoms with Crippen LogP contribution in [-0.4, -0.2) is 62.1 Å². The van der Waals surface area contributed by atoms with Crippen molar-refractivity contribution in [3.63, 3.8) is 0 Å². The Labute approximate surface area is 154 Å². The summed E-state index contributed by atoms with van der Waals surface area (Å²) in [6.07, 6.45) is 5.61. The largest absolute Gasteiger partial charge is 0.384 e. The molecule has 7 heteroatoms. The highest BCUT2D eigenvalue weighted by molar-refractivity contribution is 5.90. The van der Waals surface area contributed by atoms with E-state index in [1.54, 1.807) is 31.5 Å². The Morgan fingerprint density at radius 2 is 2.23 bits per heavy atom. The summed E-state index contributed by atoms with van der Waals surface area (Å²) in [5, 5.41) is 6.47. The van der Waals surface area contributed by atoms with Gasteiger partial charge in [-0.1, -0.05) is 6.07 Å². The third-order valence-electron chi connectivity index (χ3n) is 5.70. The van der Waals surface area contributed by atoms with Crippen LogP contribution in [-0.2, 0) is 14.3 Å². The SMILES string of the molecule is COCC1(CNC(=O)C2CC(=O)N(C)C2c2cccnc2)CCNCC1. The molecule has 2 atom stereocenters. The van der Waals surface area contributed by atoms with E-state index in [9.17, 15) is 9.59 Å². The van der Waals surface area contributed by atoms with Gasteiger partial charge >= 0.3 is 0 Å². The number of rotatable bonds is 6. The molecule has 0 spiro atoms. The minimum atomic E-state index is -0.391. The molecule has 2 saturated heterocycles. The van der Waals surface area contributed by atoms with Gasteiger partial charge in [-0.25, -0.2) is 0 Å².